The Kier molecular flexibility index (Phi) is 3.83. The summed E-state index contributed by atoms with van der Waals surface area (Å²) in [7, 11) is 1.90. The van der Waals surface area contributed by atoms with Gasteiger partial charge in [-0.2, -0.15) is 0 Å². The zero-order chi connectivity index (χ0) is 6.57. The Bertz CT molecular complexity index is 54.5. The molecule has 50 valence electrons. The molecule has 0 aromatic rings. The van der Waals surface area contributed by atoms with Crippen molar-refractivity contribution in [2.24, 2.45) is 0 Å². The maximum atomic E-state index is 8.81. The van der Waals surface area contributed by atoms with Gasteiger partial charge in [-0.25, -0.2) is 0 Å². The molecule has 0 amide bonds. The molecule has 0 radical (unpaired) electrons. The minimum Gasteiger partial charge on any atom is -0.393 e. The number of rotatable bonds is 3. The Morgan fingerprint density at radius 3 is 2.12 bits per heavy atom. The molecule has 0 spiro atoms. The fourth-order valence-corrected chi connectivity index (χ4v) is 0.630. The molecule has 0 aromatic heterocycles. The van der Waals surface area contributed by atoms with Crippen molar-refractivity contribution in [1.29, 1.82) is 0 Å². The van der Waals surface area contributed by atoms with Gasteiger partial charge in [0.25, 0.3) is 0 Å². The number of aliphatic hydroxyl groups is 1. The van der Waals surface area contributed by atoms with Crippen molar-refractivity contribution in [2.75, 3.05) is 7.05 Å². The summed E-state index contributed by atoms with van der Waals surface area (Å²) in [5.41, 5.74) is 0. The van der Waals surface area contributed by atoms with Crippen LogP contribution in [0.2, 0.25) is 0 Å². The van der Waals surface area contributed by atoms with Crippen molar-refractivity contribution >= 4 is 0 Å². The van der Waals surface area contributed by atoms with Crippen LogP contribution in [0.15, 0.2) is 0 Å². The smallest absolute Gasteiger partial charge is 0.0526 e. The second kappa shape index (κ2) is 3.87. The maximum absolute atomic E-state index is 8.81. The van der Waals surface area contributed by atoms with Crippen molar-refractivity contribution in [2.45, 2.75) is 32.4 Å². The van der Waals surface area contributed by atoms with Crippen LogP contribution in [-0.2, 0) is 0 Å². The molecule has 0 heterocycles. The SMILES string of the molecule is CNC(C)CC(C)O. The lowest BCUT2D eigenvalue weighted by molar-refractivity contribution is 0.172. The van der Waals surface area contributed by atoms with Crippen molar-refractivity contribution in [3.05, 3.63) is 0 Å². The normalized spacial score (nSPS) is 18.0. The lowest BCUT2D eigenvalue weighted by Gasteiger charge is -2.10. The van der Waals surface area contributed by atoms with E-state index in [1.807, 2.05) is 14.0 Å². The molecular weight excluding hydrogens is 102 g/mol. The molecule has 0 aliphatic carbocycles. The Morgan fingerprint density at radius 2 is 2.00 bits per heavy atom. The number of nitrogens with one attached hydrogen (secondary N) is 1. The summed E-state index contributed by atoms with van der Waals surface area (Å²) in [6, 6.07) is 0.426. The summed E-state index contributed by atoms with van der Waals surface area (Å²) in [6.07, 6.45) is 0.647. The standard InChI is InChI=1S/C6H15NO/c1-5(7-3)4-6(2)8/h5-8H,4H2,1-3H3. The van der Waals surface area contributed by atoms with E-state index in [9.17, 15) is 0 Å². The van der Waals surface area contributed by atoms with Crippen molar-refractivity contribution in [3.8, 4) is 0 Å². The quantitative estimate of drug-likeness (QED) is 0.559. The highest BCUT2D eigenvalue weighted by atomic mass is 16.3. The van der Waals surface area contributed by atoms with Gasteiger partial charge in [0, 0.05) is 6.04 Å². The fraction of sp³-hybridized carbons (Fsp3) is 1.00. The summed E-state index contributed by atoms with van der Waals surface area (Å²) in [4.78, 5) is 0. The molecular formula is C6H15NO. The van der Waals surface area contributed by atoms with Crippen molar-refractivity contribution < 1.29 is 5.11 Å². The van der Waals surface area contributed by atoms with Gasteiger partial charge in [0.2, 0.25) is 0 Å². The molecule has 0 rings (SSSR count). The second-order valence-electron chi connectivity index (χ2n) is 2.27. The molecule has 0 aromatic carbocycles. The molecule has 0 saturated heterocycles. The maximum Gasteiger partial charge on any atom is 0.0526 e. The van der Waals surface area contributed by atoms with E-state index in [4.69, 9.17) is 5.11 Å². The van der Waals surface area contributed by atoms with E-state index >= 15 is 0 Å². The highest BCUT2D eigenvalue weighted by Crippen LogP contribution is 1.93. The number of aliphatic hydroxyl groups excluding tert-OH is 1. The first kappa shape index (κ1) is 7.92. The average Bonchev–Trinajstić information content (AvgIpc) is 1.65. The van der Waals surface area contributed by atoms with Crippen LogP contribution in [0.3, 0.4) is 0 Å². The molecule has 0 aliphatic heterocycles. The van der Waals surface area contributed by atoms with E-state index in [2.05, 4.69) is 5.32 Å². The summed E-state index contributed by atoms with van der Waals surface area (Å²) in [5, 5.41) is 11.9. The minimum absolute atomic E-state index is 0.183. The third-order valence-corrected chi connectivity index (χ3v) is 1.19. The molecule has 8 heavy (non-hydrogen) atoms. The molecule has 2 N–H and O–H groups in total. The van der Waals surface area contributed by atoms with E-state index < -0.39 is 0 Å². The van der Waals surface area contributed by atoms with Gasteiger partial charge >= 0.3 is 0 Å². The predicted molar refractivity (Wildman–Crippen MR) is 34.8 cm³/mol. The van der Waals surface area contributed by atoms with Gasteiger partial charge in [-0.05, 0) is 27.3 Å². The second-order valence-corrected chi connectivity index (χ2v) is 2.27. The van der Waals surface area contributed by atoms with E-state index in [1.165, 1.54) is 0 Å². The Labute approximate surface area is 50.9 Å². The van der Waals surface area contributed by atoms with E-state index in [-0.39, 0.29) is 6.10 Å². The molecule has 2 unspecified atom stereocenters. The van der Waals surface area contributed by atoms with Crippen LogP contribution in [0.4, 0.5) is 0 Å². The summed E-state index contributed by atoms with van der Waals surface area (Å²) in [5.74, 6) is 0. The van der Waals surface area contributed by atoms with Crippen LogP contribution in [-0.4, -0.2) is 24.3 Å². The molecule has 2 nitrogen and oxygen atoms in total. The highest BCUT2D eigenvalue weighted by molar-refractivity contribution is 4.59. The minimum atomic E-state index is -0.183. The van der Waals surface area contributed by atoms with Crippen molar-refractivity contribution in [1.82, 2.24) is 5.32 Å². The highest BCUT2D eigenvalue weighted by Gasteiger charge is 2.00. The largest absolute Gasteiger partial charge is 0.393 e. The third-order valence-electron chi connectivity index (χ3n) is 1.19. The zero-order valence-electron chi connectivity index (χ0n) is 5.81. The van der Waals surface area contributed by atoms with Crippen LogP contribution in [0.1, 0.15) is 20.3 Å². The van der Waals surface area contributed by atoms with Crippen molar-refractivity contribution in [3.63, 3.8) is 0 Å². The lowest BCUT2D eigenvalue weighted by Crippen LogP contribution is -2.25. The summed E-state index contributed by atoms with van der Waals surface area (Å²) < 4.78 is 0. The van der Waals surface area contributed by atoms with Gasteiger partial charge in [0.15, 0.2) is 0 Å². The first-order valence-corrected chi connectivity index (χ1v) is 3.02. The van der Waals surface area contributed by atoms with Gasteiger partial charge in [0.1, 0.15) is 0 Å². The molecule has 0 aliphatic rings. The fourth-order valence-electron chi connectivity index (χ4n) is 0.630. The lowest BCUT2D eigenvalue weighted by atomic mass is 10.2. The predicted octanol–water partition coefficient (Wildman–Crippen LogP) is 0.365. The van der Waals surface area contributed by atoms with Crippen LogP contribution in [0, 0.1) is 0 Å². The first-order chi connectivity index (χ1) is 3.66. The number of hydrogen-bond acceptors (Lipinski definition) is 2. The van der Waals surface area contributed by atoms with Gasteiger partial charge in [-0.3, -0.25) is 0 Å². The van der Waals surface area contributed by atoms with Gasteiger partial charge in [-0.1, -0.05) is 0 Å². The molecule has 0 fully saturated rings. The van der Waals surface area contributed by atoms with E-state index in [0.29, 0.717) is 6.04 Å². The van der Waals surface area contributed by atoms with Crippen LogP contribution < -0.4 is 5.32 Å². The monoisotopic (exact) mass is 117 g/mol. The van der Waals surface area contributed by atoms with Gasteiger partial charge < -0.3 is 10.4 Å². The molecule has 0 bridgehead atoms. The first-order valence-electron chi connectivity index (χ1n) is 3.02. The zero-order valence-corrected chi connectivity index (χ0v) is 5.81. The topological polar surface area (TPSA) is 32.3 Å². The molecule has 0 saturated carbocycles. The van der Waals surface area contributed by atoms with Crippen LogP contribution in [0.25, 0.3) is 0 Å². The molecule has 2 heteroatoms. The van der Waals surface area contributed by atoms with Gasteiger partial charge in [0.05, 0.1) is 6.10 Å². The summed E-state index contributed by atoms with van der Waals surface area (Å²) in [6.45, 7) is 3.85. The average molecular weight is 117 g/mol. The van der Waals surface area contributed by atoms with Crippen LogP contribution in [0.5, 0.6) is 0 Å². The van der Waals surface area contributed by atoms with Gasteiger partial charge in [-0.15, -0.1) is 0 Å². The van der Waals surface area contributed by atoms with E-state index in [0.717, 1.165) is 6.42 Å². The Balaban J connectivity index is 3.10. The Hall–Kier alpha value is -0.0800. The molecule has 2 atom stereocenters. The summed E-state index contributed by atoms with van der Waals surface area (Å²) >= 11 is 0. The third kappa shape index (κ3) is 4.09. The Morgan fingerprint density at radius 1 is 1.50 bits per heavy atom. The van der Waals surface area contributed by atoms with Crippen LogP contribution >= 0.6 is 0 Å². The number of hydrogen-bond donors (Lipinski definition) is 2. The van der Waals surface area contributed by atoms with E-state index in [1.54, 1.807) is 6.92 Å².